The van der Waals surface area contributed by atoms with Crippen LogP contribution >= 0.6 is 0 Å². The molecule has 0 amide bonds. The monoisotopic (exact) mass is 263 g/mol. The van der Waals surface area contributed by atoms with Gasteiger partial charge in [-0.2, -0.15) is 0 Å². The summed E-state index contributed by atoms with van der Waals surface area (Å²) in [6, 6.07) is 6.46. The minimum atomic E-state index is -1.12. The van der Waals surface area contributed by atoms with Crippen molar-refractivity contribution in [1.82, 2.24) is 0 Å². The minimum absolute atomic E-state index is 0.297. The molecule has 1 rings (SSSR count). The normalized spacial score (nSPS) is 15.8. The van der Waals surface area contributed by atoms with Gasteiger partial charge in [-0.1, -0.05) is 30.7 Å². The summed E-state index contributed by atoms with van der Waals surface area (Å²) in [6.07, 6.45) is 2.45. The number of carboxylic acid groups (broad SMARTS) is 1. The summed E-state index contributed by atoms with van der Waals surface area (Å²) in [6.45, 7) is 7.86. The summed E-state index contributed by atoms with van der Waals surface area (Å²) in [5.41, 5.74) is 8.57. The summed E-state index contributed by atoms with van der Waals surface area (Å²) in [5.74, 6) is -0.628. The zero-order chi connectivity index (χ0) is 14.6. The van der Waals surface area contributed by atoms with E-state index in [1.54, 1.807) is 6.92 Å². The fourth-order valence-electron chi connectivity index (χ4n) is 2.38. The van der Waals surface area contributed by atoms with Crippen LogP contribution < -0.4 is 5.73 Å². The van der Waals surface area contributed by atoms with Gasteiger partial charge >= 0.3 is 5.97 Å². The molecule has 0 fully saturated rings. The number of rotatable bonds is 6. The van der Waals surface area contributed by atoms with E-state index in [9.17, 15) is 4.79 Å². The summed E-state index contributed by atoms with van der Waals surface area (Å²) in [7, 11) is 0. The van der Waals surface area contributed by atoms with Gasteiger partial charge in [-0.05, 0) is 57.1 Å². The van der Waals surface area contributed by atoms with Gasteiger partial charge < -0.3 is 10.8 Å². The van der Waals surface area contributed by atoms with Gasteiger partial charge in [0.2, 0.25) is 0 Å². The van der Waals surface area contributed by atoms with Crippen LogP contribution in [0.4, 0.5) is 0 Å². The molecule has 0 aromatic heterocycles. The first-order valence-corrected chi connectivity index (χ1v) is 6.81. The van der Waals surface area contributed by atoms with Gasteiger partial charge in [-0.25, -0.2) is 0 Å². The number of nitrogens with two attached hydrogens (primary N) is 1. The first kappa shape index (κ1) is 15.7. The third kappa shape index (κ3) is 4.67. The highest BCUT2D eigenvalue weighted by molar-refractivity contribution is 5.77. The van der Waals surface area contributed by atoms with E-state index in [0.717, 1.165) is 12.8 Å². The van der Waals surface area contributed by atoms with Crippen LogP contribution in [0.2, 0.25) is 0 Å². The first-order chi connectivity index (χ1) is 8.72. The standard InChI is InChI=1S/C16H25NO2/c1-11-5-7-13(3)14(9-11)8-6-12(2)10-16(4,17)15(18)19/h5,7,9,12H,6,8,10,17H2,1-4H3,(H,18,19). The van der Waals surface area contributed by atoms with Crippen LogP contribution in [-0.2, 0) is 11.2 Å². The molecular formula is C16H25NO2. The molecule has 0 radical (unpaired) electrons. The topological polar surface area (TPSA) is 63.3 Å². The molecule has 0 spiro atoms. The third-order valence-electron chi connectivity index (χ3n) is 3.67. The maximum absolute atomic E-state index is 11.0. The Kier molecular flexibility index (Phi) is 5.12. The average Bonchev–Trinajstić information content (AvgIpc) is 2.29. The molecule has 0 saturated carbocycles. The molecule has 0 aliphatic heterocycles. The lowest BCUT2D eigenvalue weighted by atomic mass is 9.87. The van der Waals surface area contributed by atoms with Crippen LogP contribution in [0.1, 0.15) is 43.4 Å². The lowest BCUT2D eigenvalue weighted by Gasteiger charge is -2.23. The van der Waals surface area contributed by atoms with Gasteiger partial charge in [-0.3, -0.25) is 4.79 Å². The molecule has 1 aromatic carbocycles. The maximum atomic E-state index is 11.0. The summed E-state index contributed by atoms with van der Waals surface area (Å²) < 4.78 is 0. The van der Waals surface area contributed by atoms with E-state index in [2.05, 4.69) is 39.0 Å². The van der Waals surface area contributed by atoms with Crippen LogP contribution in [0.3, 0.4) is 0 Å². The van der Waals surface area contributed by atoms with Crippen LogP contribution in [0.5, 0.6) is 0 Å². The van der Waals surface area contributed by atoms with Crippen LogP contribution in [-0.4, -0.2) is 16.6 Å². The number of aryl methyl sites for hydroxylation is 3. The second-order valence-electron chi connectivity index (χ2n) is 6.00. The summed E-state index contributed by atoms with van der Waals surface area (Å²) in [5, 5.41) is 9.03. The largest absolute Gasteiger partial charge is 0.480 e. The Morgan fingerprint density at radius 1 is 1.42 bits per heavy atom. The van der Waals surface area contributed by atoms with E-state index in [1.807, 2.05) is 0 Å². The van der Waals surface area contributed by atoms with E-state index in [0.29, 0.717) is 12.3 Å². The van der Waals surface area contributed by atoms with E-state index in [-0.39, 0.29) is 0 Å². The van der Waals surface area contributed by atoms with Gasteiger partial charge in [0.15, 0.2) is 0 Å². The molecule has 0 heterocycles. The van der Waals surface area contributed by atoms with Gasteiger partial charge in [0.05, 0.1) is 0 Å². The summed E-state index contributed by atoms with van der Waals surface area (Å²) >= 11 is 0. The Morgan fingerprint density at radius 2 is 2.05 bits per heavy atom. The van der Waals surface area contributed by atoms with Crippen molar-refractivity contribution in [2.45, 2.75) is 52.5 Å². The van der Waals surface area contributed by atoms with Gasteiger partial charge in [-0.15, -0.1) is 0 Å². The number of benzene rings is 1. The van der Waals surface area contributed by atoms with Crippen molar-refractivity contribution in [2.75, 3.05) is 0 Å². The van der Waals surface area contributed by atoms with Crippen molar-refractivity contribution in [3.63, 3.8) is 0 Å². The molecule has 0 aliphatic rings. The van der Waals surface area contributed by atoms with E-state index < -0.39 is 11.5 Å². The van der Waals surface area contributed by atoms with Gasteiger partial charge in [0.25, 0.3) is 0 Å². The van der Waals surface area contributed by atoms with E-state index >= 15 is 0 Å². The van der Waals surface area contributed by atoms with Crippen molar-refractivity contribution >= 4 is 5.97 Å². The molecule has 0 aliphatic carbocycles. The molecule has 3 heteroatoms. The van der Waals surface area contributed by atoms with Crippen molar-refractivity contribution in [2.24, 2.45) is 11.7 Å². The Morgan fingerprint density at radius 3 is 2.63 bits per heavy atom. The predicted molar refractivity (Wildman–Crippen MR) is 78.2 cm³/mol. The van der Waals surface area contributed by atoms with Crippen molar-refractivity contribution < 1.29 is 9.90 Å². The number of carboxylic acids is 1. The Labute approximate surface area is 115 Å². The zero-order valence-corrected chi connectivity index (χ0v) is 12.4. The SMILES string of the molecule is Cc1ccc(C)c(CCC(C)CC(C)(N)C(=O)O)c1. The van der Waals surface area contributed by atoms with Crippen LogP contribution in [0.15, 0.2) is 18.2 Å². The fraction of sp³-hybridized carbons (Fsp3) is 0.562. The molecule has 106 valence electrons. The Bertz CT molecular complexity index is 452. The molecule has 19 heavy (non-hydrogen) atoms. The van der Waals surface area contributed by atoms with Crippen LogP contribution in [0.25, 0.3) is 0 Å². The lowest BCUT2D eigenvalue weighted by molar-refractivity contribution is -0.143. The number of carbonyl (C=O) groups is 1. The first-order valence-electron chi connectivity index (χ1n) is 6.81. The molecule has 3 nitrogen and oxygen atoms in total. The number of hydrogen-bond donors (Lipinski definition) is 2. The molecular weight excluding hydrogens is 238 g/mol. The van der Waals surface area contributed by atoms with Crippen molar-refractivity contribution in [3.8, 4) is 0 Å². The molecule has 1 aromatic rings. The predicted octanol–water partition coefficient (Wildman–Crippen LogP) is 3.06. The zero-order valence-electron chi connectivity index (χ0n) is 12.4. The maximum Gasteiger partial charge on any atom is 0.323 e. The second-order valence-corrected chi connectivity index (χ2v) is 6.00. The molecule has 2 unspecified atom stereocenters. The number of aliphatic carboxylic acids is 1. The van der Waals surface area contributed by atoms with Crippen LogP contribution in [0, 0.1) is 19.8 Å². The molecule has 3 N–H and O–H groups in total. The number of hydrogen-bond acceptors (Lipinski definition) is 2. The fourth-order valence-corrected chi connectivity index (χ4v) is 2.38. The third-order valence-corrected chi connectivity index (χ3v) is 3.67. The molecule has 0 bridgehead atoms. The quantitative estimate of drug-likeness (QED) is 0.829. The highest BCUT2D eigenvalue weighted by Crippen LogP contribution is 2.21. The highest BCUT2D eigenvalue weighted by atomic mass is 16.4. The Balaban J connectivity index is 2.57. The Hall–Kier alpha value is -1.35. The average molecular weight is 263 g/mol. The van der Waals surface area contributed by atoms with E-state index in [1.165, 1.54) is 16.7 Å². The van der Waals surface area contributed by atoms with Crippen molar-refractivity contribution in [1.29, 1.82) is 0 Å². The van der Waals surface area contributed by atoms with Gasteiger partial charge in [0, 0.05) is 0 Å². The highest BCUT2D eigenvalue weighted by Gasteiger charge is 2.29. The minimum Gasteiger partial charge on any atom is -0.480 e. The lowest BCUT2D eigenvalue weighted by Crippen LogP contribution is -2.46. The smallest absolute Gasteiger partial charge is 0.323 e. The molecule has 2 atom stereocenters. The second kappa shape index (κ2) is 6.20. The molecule has 0 saturated heterocycles. The summed E-state index contributed by atoms with van der Waals surface area (Å²) in [4.78, 5) is 11.0. The van der Waals surface area contributed by atoms with Crippen molar-refractivity contribution in [3.05, 3.63) is 34.9 Å². The van der Waals surface area contributed by atoms with E-state index in [4.69, 9.17) is 10.8 Å². The van der Waals surface area contributed by atoms with Gasteiger partial charge in [0.1, 0.15) is 5.54 Å².